The van der Waals surface area contributed by atoms with Crippen LogP contribution in [0.25, 0.3) is 0 Å². The van der Waals surface area contributed by atoms with E-state index in [9.17, 15) is 22.4 Å². The molecule has 0 aromatic heterocycles. The van der Waals surface area contributed by atoms with Crippen molar-refractivity contribution in [2.75, 3.05) is 5.32 Å². The highest BCUT2D eigenvalue weighted by atomic mass is 19.2. The van der Waals surface area contributed by atoms with Gasteiger partial charge in [-0.3, -0.25) is 4.79 Å². The third kappa shape index (κ3) is 2.98. The average molecular weight is 264 g/mol. The van der Waals surface area contributed by atoms with Gasteiger partial charge in [-0.1, -0.05) is 13.3 Å². The van der Waals surface area contributed by atoms with E-state index in [0.717, 1.165) is 0 Å². The zero-order valence-electron chi connectivity index (χ0n) is 9.57. The Kier molecular flexibility index (Phi) is 4.66. The number of hydrogen-bond acceptors (Lipinski definition) is 2. The molecule has 0 aliphatic heterocycles. The Balaban J connectivity index is 3.01. The van der Waals surface area contributed by atoms with Crippen molar-refractivity contribution in [3.63, 3.8) is 0 Å². The topological polar surface area (TPSA) is 55.1 Å². The Labute approximate surface area is 101 Å². The van der Waals surface area contributed by atoms with Crippen molar-refractivity contribution < 1.29 is 22.4 Å². The minimum absolute atomic E-state index is 0.0618. The fourth-order valence-electron chi connectivity index (χ4n) is 1.34. The summed E-state index contributed by atoms with van der Waals surface area (Å²) in [4.78, 5) is 11.4. The van der Waals surface area contributed by atoms with Gasteiger partial charge in [0.05, 0.1) is 6.04 Å². The van der Waals surface area contributed by atoms with Crippen LogP contribution in [0.2, 0.25) is 0 Å². The Morgan fingerprint density at radius 3 is 2.22 bits per heavy atom. The molecule has 3 nitrogen and oxygen atoms in total. The van der Waals surface area contributed by atoms with Crippen molar-refractivity contribution >= 4 is 11.6 Å². The van der Waals surface area contributed by atoms with Crippen molar-refractivity contribution in [2.24, 2.45) is 5.73 Å². The highest BCUT2D eigenvalue weighted by molar-refractivity contribution is 5.94. The monoisotopic (exact) mass is 264 g/mol. The van der Waals surface area contributed by atoms with Gasteiger partial charge in [-0.05, 0) is 6.42 Å². The molecule has 1 aromatic rings. The second kappa shape index (κ2) is 5.81. The summed E-state index contributed by atoms with van der Waals surface area (Å²) >= 11 is 0. The van der Waals surface area contributed by atoms with Crippen LogP contribution >= 0.6 is 0 Å². The molecule has 0 aliphatic carbocycles. The van der Waals surface area contributed by atoms with Gasteiger partial charge >= 0.3 is 0 Å². The van der Waals surface area contributed by atoms with E-state index < -0.39 is 40.9 Å². The maximum atomic E-state index is 13.2. The molecule has 0 radical (unpaired) electrons. The quantitative estimate of drug-likeness (QED) is 0.647. The lowest BCUT2D eigenvalue weighted by atomic mass is 10.1. The van der Waals surface area contributed by atoms with Crippen LogP contribution in [0.4, 0.5) is 23.2 Å². The third-order valence-corrected chi connectivity index (χ3v) is 2.30. The number of hydrogen-bond donors (Lipinski definition) is 2. The van der Waals surface area contributed by atoms with Crippen LogP contribution in [0.3, 0.4) is 0 Å². The molecule has 1 rings (SSSR count). The summed E-state index contributed by atoms with van der Waals surface area (Å²) in [6, 6.07) is -0.938. The normalized spacial score (nSPS) is 12.3. The number of carbonyl (C=O) groups is 1. The summed E-state index contributed by atoms with van der Waals surface area (Å²) in [5.74, 6) is -7.40. The van der Waals surface area contributed by atoms with E-state index in [0.29, 0.717) is 6.42 Å². The molecule has 0 bridgehead atoms. The van der Waals surface area contributed by atoms with E-state index in [-0.39, 0.29) is 12.5 Å². The molecule has 1 aromatic carbocycles. The number of benzene rings is 1. The lowest BCUT2D eigenvalue weighted by Crippen LogP contribution is -2.36. The second-order valence-corrected chi connectivity index (χ2v) is 3.73. The number of nitrogens with two attached hydrogens (primary N) is 1. The van der Waals surface area contributed by atoms with Gasteiger partial charge in [0.2, 0.25) is 5.91 Å². The molecular weight excluding hydrogens is 252 g/mol. The van der Waals surface area contributed by atoms with E-state index in [1.807, 2.05) is 0 Å². The van der Waals surface area contributed by atoms with Crippen LogP contribution in [0.1, 0.15) is 19.8 Å². The SMILES string of the molecule is CCC[C@H](N)C(=O)Nc1c(F)c(F)cc(F)c1F. The molecule has 0 saturated heterocycles. The van der Waals surface area contributed by atoms with Crippen LogP contribution in [-0.2, 0) is 4.79 Å². The first-order valence-electron chi connectivity index (χ1n) is 5.27. The van der Waals surface area contributed by atoms with Crippen LogP contribution in [-0.4, -0.2) is 11.9 Å². The van der Waals surface area contributed by atoms with Crippen LogP contribution in [0.5, 0.6) is 0 Å². The number of amides is 1. The molecule has 100 valence electrons. The van der Waals surface area contributed by atoms with Crippen molar-refractivity contribution in [1.29, 1.82) is 0 Å². The Hall–Kier alpha value is -1.63. The molecular formula is C11H12F4N2O. The van der Waals surface area contributed by atoms with Gasteiger partial charge in [-0.2, -0.15) is 0 Å². The predicted molar refractivity (Wildman–Crippen MR) is 57.8 cm³/mol. The lowest BCUT2D eigenvalue weighted by molar-refractivity contribution is -0.117. The maximum Gasteiger partial charge on any atom is 0.241 e. The molecule has 1 atom stereocenters. The average Bonchev–Trinajstić information content (AvgIpc) is 2.32. The Morgan fingerprint density at radius 2 is 1.78 bits per heavy atom. The fraction of sp³-hybridized carbons (Fsp3) is 0.364. The lowest BCUT2D eigenvalue weighted by Gasteiger charge is -2.12. The summed E-state index contributed by atoms with van der Waals surface area (Å²) in [6.07, 6.45) is 0.865. The van der Waals surface area contributed by atoms with E-state index in [2.05, 4.69) is 0 Å². The standard InChI is InChI=1S/C11H12F4N2O/c1-2-3-7(16)11(18)17-10-8(14)5(12)4-6(13)9(10)15/h4,7H,2-3,16H2,1H3,(H,17,18)/t7-/m0/s1. The van der Waals surface area contributed by atoms with Crippen molar-refractivity contribution in [1.82, 2.24) is 0 Å². The van der Waals surface area contributed by atoms with Crippen LogP contribution < -0.4 is 11.1 Å². The van der Waals surface area contributed by atoms with Crippen molar-refractivity contribution in [2.45, 2.75) is 25.8 Å². The summed E-state index contributed by atoms with van der Waals surface area (Å²) in [7, 11) is 0. The summed E-state index contributed by atoms with van der Waals surface area (Å²) < 4.78 is 52.1. The van der Waals surface area contributed by atoms with E-state index in [1.54, 1.807) is 12.2 Å². The molecule has 7 heteroatoms. The predicted octanol–water partition coefficient (Wildman–Crippen LogP) is 2.31. The number of carbonyl (C=O) groups excluding carboxylic acids is 1. The minimum Gasteiger partial charge on any atom is -0.320 e. The van der Waals surface area contributed by atoms with Gasteiger partial charge in [0.25, 0.3) is 0 Å². The molecule has 0 saturated carbocycles. The Bertz CT molecular complexity index is 439. The zero-order chi connectivity index (χ0) is 13.9. The molecule has 0 spiro atoms. The van der Waals surface area contributed by atoms with Gasteiger partial charge in [0.15, 0.2) is 23.3 Å². The number of anilines is 1. The third-order valence-electron chi connectivity index (χ3n) is 2.30. The molecule has 0 unspecified atom stereocenters. The molecule has 1 amide bonds. The van der Waals surface area contributed by atoms with Crippen molar-refractivity contribution in [3.8, 4) is 0 Å². The van der Waals surface area contributed by atoms with Gasteiger partial charge in [0, 0.05) is 6.07 Å². The van der Waals surface area contributed by atoms with E-state index >= 15 is 0 Å². The van der Waals surface area contributed by atoms with E-state index in [1.165, 1.54) is 0 Å². The van der Waals surface area contributed by atoms with Gasteiger partial charge in [-0.25, -0.2) is 17.6 Å². The highest BCUT2D eigenvalue weighted by Gasteiger charge is 2.22. The van der Waals surface area contributed by atoms with E-state index in [4.69, 9.17) is 5.73 Å². The number of nitrogens with one attached hydrogen (secondary N) is 1. The van der Waals surface area contributed by atoms with Crippen molar-refractivity contribution in [3.05, 3.63) is 29.3 Å². The maximum absolute atomic E-state index is 13.2. The molecule has 3 N–H and O–H groups in total. The first-order chi connectivity index (χ1) is 8.38. The van der Waals surface area contributed by atoms with Gasteiger partial charge < -0.3 is 11.1 Å². The summed E-state index contributed by atoms with van der Waals surface area (Å²) in [5.41, 5.74) is 4.24. The molecule has 0 fully saturated rings. The van der Waals surface area contributed by atoms with Gasteiger partial charge in [-0.15, -0.1) is 0 Å². The molecule has 0 heterocycles. The zero-order valence-corrected chi connectivity index (χ0v) is 9.57. The summed E-state index contributed by atoms with van der Waals surface area (Å²) in [5, 5.41) is 1.75. The fourth-order valence-corrected chi connectivity index (χ4v) is 1.34. The van der Waals surface area contributed by atoms with Crippen LogP contribution in [0.15, 0.2) is 6.07 Å². The first-order valence-corrected chi connectivity index (χ1v) is 5.27. The minimum atomic E-state index is -1.66. The number of halogens is 4. The molecule has 0 aliphatic rings. The largest absolute Gasteiger partial charge is 0.320 e. The first kappa shape index (κ1) is 14.4. The Morgan fingerprint density at radius 1 is 1.28 bits per heavy atom. The summed E-state index contributed by atoms with van der Waals surface area (Å²) in [6.45, 7) is 1.76. The number of rotatable bonds is 4. The molecule has 18 heavy (non-hydrogen) atoms. The van der Waals surface area contributed by atoms with Crippen LogP contribution in [0, 0.1) is 23.3 Å². The van der Waals surface area contributed by atoms with Gasteiger partial charge in [0.1, 0.15) is 5.69 Å². The highest BCUT2D eigenvalue weighted by Crippen LogP contribution is 2.24. The smallest absolute Gasteiger partial charge is 0.241 e. The second-order valence-electron chi connectivity index (χ2n) is 3.73.